The van der Waals surface area contributed by atoms with Crippen molar-refractivity contribution in [1.82, 2.24) is 4.57 Å². The van der Waals surface area contributed by atoms with Gasteiger partial charge in [0.05, 0.1) is 16.6 Å². The molecule has 0 saturated heterocycles. The third-order valence-electron chi connectivity index (χ3n) is 4.47. The second-order valence-electron chi connectivity index (χ2n) is 6.51. The van der Waals surface area contributed by atoms with Crippen molar-refractivity contribution in [2.45, 2.75) is 24.8 Å². The molecule has 1 aromatic heterocycles. The molecule has 0 N–H and O–H groups in total. The van der Waals surface area contributed by atoms with Crippen LogP contribution in [0, 0.1) is 0 Å². The van der Waals surface area contributed by atoms with Crippen LogP contribution in [0.2, 0.25) is 0 Å². The number of hydrogen-bond donors (Lipinski definition) is 0. The van der Waals surface area contributed by atoms with Crippen molar-refractivity contribution in [3.8, 4) is 11.5 Å². The van der Waals surface area contributed by atoms with Gasteiger partial charge in [-0.1, -0.05) is 36.5 Å². The summed E-state index contributed by atoms with van der Waals surface area (Å²) >= 11 is 3.26. The highest BCUT2D eigenvalue weighted by atomic mass is 32.2. The third-order valence-corrected chi connectivity index (χ3v) is 6.40. The van der Waals surface area contributed by atoms with Gasteiger partial charge in [0, 0.05) is 23.6 Å². The number of ether oxygens (including phenoxy) is 2. The fraction of sp³-hybridized carbons (Fsp3) is 0.273. The molecule has 2 aromatic carbocycles. The Morgan fingerprint density at radius 1 is 1.24 bits per heavy atom. The van der Waals surface area contributed by atoms with Gasteiger partial charge >= 0.3 is 0 Å². The number of fused-ring (bicyclic) bond motifs is 2. The summed E-state index contributed by atoms with van der Waals surface area (Å²) in [7, 11) is 0. The molecule has 0 unspecified atom stereocenters. The van der Waals surface area contributed by atoms with Crippen molar-refractivity contribution in [2.75, 3.05) is 19.0 Å². The van der Waals surface area contributed by atoms with Gasteiger partial charge in [-0.3, -0.25) is 4.79 Å². The Morgan fingerprint density at radius 2 is 1.97 bits per heavy atom. The van der Waals surface area contributed by atoms with Crippen molar-refractivity contribution >= 4 is 39.2 Å². The van der Waals surface area contributed by atoms with Gasteiger partial charge in [0.15, 0.2) is 16.3 Å². The maximum atomic E-state index is 12.6. The summed E-state index contributed by atoms with van der Waals surface area (Å²) in [6, 6.07) is 12.0. The normalized spacial score (nSPS) is 13.6. The van der Waals surface area contributed by atoms with Crippen LogP contribution in [-0.2, 0) is 17.8 Å². The number of amides is 1. The topological polar surface area (TPSA) is 52.8 Å². The molecule has 0 bridgehead atoms. The van der Waals surface area contributed by atoms with Crippen molar-refractivity contribution in [2.24, 2.45) is 4.99 Å². The SMILES string of the molecule is C=CCn1c(=NC(=O)Cc2ccc(SCC)cc2)sc2cc3c(cc21)OCCO3. The molecule has 29 heavy (non-hydrogen) atoms. The number of carbonyl (C=O) groups excluding carboxylic acids is 1. The molecule has 1 amide bonds. The summed E-state index contributed by atoms with van der Waals surface area (Å²) in [5.41, 5.74) is 1.93. The van der Waals surface area contributed by atoms with Crippen LogP contribution in [0.25, 0.3) is 10.2 Å². The molecule has 0 spiro atoms. The highest BCUT2D eigenvalue weighted by Gasteiger charge is 2.16. The summed E-state index contributed by atoms with van der Waals surface area (Å²) in [5.74, 6) is 2.33. The Hall–Kier alpha value is -2.51. The van der Waals surface area contributed by atoms with Crippen LogP contribution < -0.4 is 14.3 Å². The molecule has 0 atom stereocenters. The molecule has 0 fully saturated rings. The molecule has 0 aliphatic carbocycles. The second kappa shape index (κ2) is 8.88. The third kappa shape index (κ3) is 4.41. The summed E-state index contributed by atoms with van der Waals surface area (Å²) in [6.45, 7) is 7.61. The minimum absolute atomic E-state index is 0.164. The predicted octanol–water partition coefficient (Wildman–Crippen LogP) is 4.44. The Morgan fingerprint density at radius 3 is 2.66 bits per heavy atom. The van der Waals surface area contributed by atoms with Gasteiger partial charge in [-0.05, 0) is 23.4 Å². The zero-order valence-electron chi connectivity index (χ0n) is 16.2. The average molecular weight is 427 g/mol. The van der Waals surface area contributed by atoms with Gasteiger partial charge in [-0.15, -0.1) is 18.3 Å². The van der Waals surface area contributed by atoms with Gasteiger partial charge in [0.1, 0.15) is 13.2 Å². The second-order valence-corrected chi connectivity index (χ2v) is 8.85. The summed E-state index contributed by atoms with van der Waals surface area (Å²) in [6.07, 6.45) is 2.08. The lowest BCUT2D eigenvalue weighted by atomic mass is 10.1. The molecule has 5 nitrogen and oxygen atoms in total. The number of nitrogens with zero attached hydrogens (tertiary/aromatic N) is 2. The molecular weight excluding hydrogens is 404 g/mol. The predicted molar refractivity (Wildman–Crippen MR) is 118 cm³/mol. The minimum Gasteiger partial charge on any atom is -0.486 e. The van der Waals surface area contributed by atoms with E-state index in [0.717, 1.165) is 33.0 Å². The van der Waals surface area contributed by atoms with Crippen molar-refractivity contribution in [1.29, 1.82) is 0 Å². The van der Waals surface area contributed by atoms with E-state index in [1.807, 2.05) is 28.8 Å². The van der Waals surface area contributed by atoms with Crippen molar-refractivity contribution < 1.29 is 14.3 Å². The van der Waals surface area contributed by atoms with Gasteiger partial charge in [0.2, 0.25) is 0 Å². The minimum atomic E-state index is -0.164. The Labute approximate surface area is 177 Å². The molecule has 4 rings (SSSR count). The Balaban J connectivity index is 1.66. The molecule has 150 valence electrons. The van der Waals surface area contributed by atoms with E-state index in [2.05, 4.69) is 30.6 Å². The summed E-state index contributed by atoms with van der Waals surface area (Å²) in [5, 5.41) is 0. The molecule has 2 heterocycles. The largest absolute Gasteiger partial charge is 0.486 e. The van der Waals surface area contributed by atoms with Crippen LogP contribution in [0.5, 0.6) is 11.5 Å². The average Bonchev–Trinajstić information content (AvgIpc) is 3.04. The van der Waals surface area contributed by atoms with Crippen LogP contribution in [0.1, 0.15) is 12.5 Å². The van der Waals surface area contributed by atoms with Gasteiger partial charge in [0.25, 0.3) is 5.91 Å². The van der Waals surface area contributed by atoms with Crippen LogP contribution in [0.3, 0.4) is 0 Å². The Bertz CT molecular complexity index is 1110. The Kier molecular flexibility index (Phi) is 6.06. The smallest absolute Gasteiger partial charge is 0.252 e. The number of thioether (sulfide) groups is 1. The fourth-order valence-corrected chi connectivity index (χ4v) is 4.92. The number of thiazole rings is 1. The first kappa shape index (κ1) is 19.8. The highest BCUT2D eigenvalue weighted by Crippen LogP contribution is 2.35. The number of benzene rings is 2. The standard InChI is InChI=1S/C22H22N2O3S2/c1-3-9-24-17-13-18-19(27-11-10-26-18)14-20(17)29-22(24)23-21(25)12-15-5-7-16(8-6-15)28-4-2/h3,5-8,13-14H,1,4,9-12H2,2H3. The lowest BCUT2D eigenvalue weighted by Crippen LogP contribution is -2.17. The van der Waals surface area contributed by atoms with Gasteiger partial charge < -0.3 is 14.0 Å². The molecule has 1 aliphatic heterocycles. The summed E-state index contributed by atoms with van der Waals surface area (Å²) in [4.78, 5) is 18.9. The maximum Gasteiger partial charge on any atom is 0.252 e. The highest BCUT2D eigenvalue weighted by molar-refractivity contribution is 7.99. The first-order valence-electron chi connectivity index (χ1n) is 9.51. The molecule has 7 heteroatoms. The molecule has 0 radical (unpaired) electrons. The zero-order valence-corrected chi connectivity index (χ0v) is 17.9. The van der Waals surface area contributed by atoms with E-state index < -0.39 is 0 Å². The quantitative estimate of drug-likeness (QED) is 0.432. The first-order chi connectivity index (χ1) is 14.2. The fourth-order valence-electron chi connectivity index (χ4n) is 3.19. The van der Waals surface area contributed by atoms with Crippen LogP contribution >= 0.6 is 23.1 Å². The molecular formula is C22H22N2O3S2. The van der Waals surface area contributed by atoms with E-state index in [1.165, 1.54) is 16.2 Å². The van der Waals surface area contributed by atoms with Crippen molar-refractivity contribution in [3.05, 3.63) is 59.4 Å². The zero-order chi connectivity index (χ0) is 20.2. The van der Waals surface area contributed by atoms with Crippen molar-refractivity contribution in [3.63, 3.8) is 0 Å². The van der Waals surface area contributed by atoms with Gasteiger partial charge in [-0.2, -0.15) is 4.99 Å². The van der Waals surface area contributed by atoms with E-state index in [4.69, 9.17) is 9.47 Å². The molecule has 1 aliphatic rings. The van der Waals surface area contributed by atoms with E-state index in [9.17, 15) is 4.79 Å². The van der Waals surface area contributed by atoms with Gasteiger partial charge in [-0.25, -0.2) is 0 Å². The van der Waals surface area contributed by atoms with Crippen LogP contribution in [-0.4, -0.2) is 29.4 Å². The number of hydrogen-bond acceptors (Lipinski definition) is 5. The maximum absolute atomic E-state index is 12.6. The molecule has 3 aromatic rings. The lowest BCUT2D eigenvalue weighted by Gasteiger charge is -2.18. The van der Waals surface area contributed by atoms with Crippen LogP contribution in [0.4, 0.5) is 0 Å². The monoisotopic (exact) mass is 426 g/mol. The number of allylic oxidation sites excluding steroid dienone is 1. The summed E-state index contributed by atoms with van der Waals surface area (Å²) < 4.78 is 14.4. The first-order valence-corrected chi connectivity index (χ1v) is 11.3. The lowest BCUT2D eigenvalue weighted by molar-refractivity contribution is -0.117. The number of aromatic nitrogens is 1. The number of carbonyl (C=O) groups is 1. The van der Waals surface area contributed by atoms with E-state index in [1.54, 1.807) is 17.8 Å². The number of rotatable bonds is 6. The van der Waals surface area contributed by atoms with Crippen LogP contribution in [0.15, 0.2) is 58.9 Å². The van der Waals surface area contributed by atoms with E-state index in [-0.39, 0.29) is 12.3 Å². The van der Waals surface area contributed by atoms with E-state index in [0.29, 0.717) is 24.6 Å². The molecule has 0 saturated carbocycles. The van der Waals surface area contributed by atoms with E-state index >= 15 is 0 Å².